The van der Waals surface area contributed by atoms with E-state index in [9.17, 15) is 14.0 Å². The Bertz CT molecular complexity index is 523. The van der Waals surface area contributed by atoms with Gasteiger partial charge in [0.1, 0.15) is 5.82 Å². The molecule has 1 aromatic carbocycles. The van der Waals surface area contributed by atoms with Gasteiger partial charge in [0.15, 0.2) is 0 Å². The molecule has 120 valence electrons. The van der Waals surface area contributed by atoms with Gasteiger partial charge in [-0.15, -0.1) is 0 Å². The van der Waals surface area contributed by atoms with E-state index in [0.717, 1.165) is 18.4 Å². The molecule has 0 unspecified atom stereocenters. The Balaban J connectivity index is 1.77. The number of piperidine rings is 1. The third kappa shape index (κ3) is 4.44. The Morgan fingerprint density at radius 2 is 1.82 bits per heavy atom. The second-order valence-corrected chi connectivity index (χ2v) is 5.81. The maximum absolute atomic E-state index is 12.8. The topological polar surface area (TPSA) is 52.7 Å². The first-order valence-corrected chi connectivity index (χ1v) is 7.45. The minimum absolute atomic E-state index is 0.0103. The summed E-state index contributed by atoms with van der Waals surface area (Å²) >= 11 is 0. The molecular weight excluding hydrogens is 285 g/mol. The summed E-state index contributed by atoms with van der Waals surface area (Å²) < 4.78 is 12.8. The van der Waals surface area contributed by atoms with Gasteiger partial charge in [-0.05, 0) is 30.5 Å². The van der Waals surface area contributed by atoms with Crippen molar-refractivity contribution in [2.75, 3.05) is 27.2 Å². The third-order valence-electron chi connectivity index (χ3n) is 3.79. The van der Waals surface area contributed by atoms with Crippen molar-refractivity contribution in [3.8, 4) is 0 Å². The van der Waals surface area contributed by atoms with Crippen LogP contribution in [0.5, 0.6) is 0 Å². The summed E-state index contributed by atoms with van der Waals surface area (Å²) in [5, 5.41) is 2.99. The first-order valence-electron chi connectivity index (χ1n) is 7.45. The summed E-state index contributed by atoms with van der Waals surface area (Å²) in [6, 6.07) is 6.05. The fourth-order valence-corrected chi connectivity index (χ4v) is 2.56. The Labute approximate surface area is 130 Å². The fraction of sp³-hybridized carbons (Fsp3) is 0.500. The van der Waals surface area contributed by atoms with Crippen LogP contribution in [-0.4, -0.2) is 55.0 Å². The summed E-state index contributed by atoms with van der Waals surface area (Å²) in [6.07, 6.45) is 1.76. The molecule has 6 heteroatoms. The van der Waals surface area contributed by atoms with Gasteiger partial charge in [0, 0.05) is 33.2 Å². The molecule has 3 amide bonds. The molecule has 0 aliphatic carbocycles. The first-order chi connectivity index (χ1) is 10.5. The van der Waals surface area contributed by atoms with Crippen LogP contribution in [0.15, 0.2) is 24.3 Å². The molecule has 0 saturated carbocycles. The van der Waals surface area contributed by atoms with Crippen molar-refractivity contribution in [3.05, 3.63) is 35.6 Å². The number of carbonyl (C=O) groups is 2. The zero-order valence-corrected chi connectivity index (χ0v) is 13.0. The number of carbonyl (C=O) groups excluding carboxylic acids is 2. The number of rotatable bonds is 3. The Morgan fingerprint density at radius 1 is 1.23 bits per heavy atom. The molecular formula is C16H22FN3O2. The highest BCUT2D eigenvalue weighted by molar-refractivity contribution is 5.79. The summed E-state index contributed by atoms with van der Waals surface area (Å²) in [5.74, 6) is -0.369. The number of benzene rings is 1. The second kappa shape index (κ2) is 7.24. The lowest BCUT2D eigenvalue weighted by Gasteiger charge is -2.33. The molecule has 1 aliphatic heterocycles. The van der Waals surface area contributed by atoms with Crippen molar-refractivity contribution in [2.45, 2.75) is 25.3 Å². The highest BCUT2D eigenvalue weighted by Gasteiger charge is 2.24. The fourth-order valence-electron chi connectivity index (χ4n) is 2.56. The summed E-state index contributed by atoms with van der Waals surface area (Å²) in [6.45, 7) is 1.30. The van der Waals surface area contributed by atoms with Crippen molar-refractivity contribution < 1.29 is 14.0 Å². The van der Waals surface area contributed by atoms with Gasteiger partial charge in [0.2, 0.25) is 5.91 Å². The molecule has 2 rings (SSSR count). The number of hydrogen-bond acceptors (Lipinski definition) is 2. The van der Waals surface area contributed by atoms with E-state index < -0.39 is 0 Å². The van der Waals surface area contributed by atoms with Crippen LogP contribution in [0.3, 0.4) is 0 Å². The van der Waals surface area contributed by atoms with Crippen LogP contribution in [0.1, 0.15) is 18.4 Å². The lowest BCUT2D eigenvalue weighted by atomic mass is 10.0. The maximum atomic E-state index is 12.8. The summed E-state index contributed by atoms with van der Waals surface area (Å²) in [5.41, 5.74) is 0.791. The van der Waals surface area contributed by atoms with Crippen LogP contribution >= 0.6 is 0 Å². The number of likely N-dealkylation sites (tertiary alicyclic amines) is 1. The van der Waals surface area contributed by atoms with Gasteiger partial charge >= 0.3 is 6.03 Å². The normalized spacial score (nSPS) is 15.5. The minimum Gasteiger partial charge on any atom is -0.353 e. The molecule has 0 spiro atoms. The van der Waals surface area contributed by atoms with E-state index in [0.29, 0.717) is 13.1 Å². The molecule has 1 fully saturated rings. The van der Waals surface area contributed by atoms with Gasteiger partial charge in [0.25, 0.3) is 0 Å². The molecule has 0 radical (unpaired) electrons. The van der Waals surface area contributed by atoms with Crippen molar-refractivity contribution in [2.24, 2.45) is 0 Å². The van der Waals surface area contributed by atoms with Gasteiger partial charge < -0.3 is 15.1 Å². The number of hydrogen-bond donors (Lipinski definition) is 1. The lowest BCUT2D eigenvalue weighted by Crippen LogP contribution is -2.49. The maximum Gasteiger partial charge on any atom is 0.319 e. The Hall–Kier alpha value is -2.11. The van der Waals surface area contributed by atoms with Crippen LogP contribution < -0.4 is 5.32 Å². The molecule has 1 aromatic rings. The Kier molecular flexibility index (Phi) is 5.35. The number of urea groups is 1. The number of nitrogens with zero attached hydrogens (tertiary/aromatic N) is 2. The zero-order valence-electron chi connectivity index (χ0n) is 13.0. The first kappa shape index (κ1) is 16.3. The lowest BCUT2D eigenvalue weighted by molar-refractivity contribution is -0.121. The van der Waals surface area contributed by atoms with Crippen molar-refractivity contribution in [1.82, 2.24) is 15.1 Å². The molecule has 0 bridgehead atoms. The summed E-state index contributed by atoms with van der Waals surface area (Å²) in [4.78, 5) is 27.2. The molecule has 5 nitrogen and oxygen atoms in total. The van der Waals surface area contributed by atoms with Gasteiger partial charge in [-0.25, -0.2) is 9.18 Å². The average Bonchev–Trinajstić information content (AvgIpc) is 2.49. The van der Waals surface area contributed by atoms with E-state index in [4.69, 9.17) is 0 Å². The van der Waals surface area contributed by atoms with Crippen LogP contribution in [0.4, 0.5) is 9.18 Å². The van der Waals surface area contributed by atoms with Crippen molar-refractivity contribution in [1.29, 1.82) is 0 Å². The van der Waals surface area contributed by atoms with Gasteiger partial charge in [-0.3, -0.25) is 4.79 Å². The van der Waals surface area contributed by atoms with Crippen LogP contribution in [0, 0.1) is 5.82 Å². The standard InChI is InChI=1S/C16H22FN3O2/c1-19(2)16(22)20-9-7-14(8-10-20)18-15(21)11-12-3-5-13(17)6-4-12/h3-6,14H,7-11H2,1-2H3,(H,18,21). The van der Waals surface area contributed by atoms with E-state index in [-0.39, 0.29) is 30.2 Å². The van der Waals surface area contributed by atoms with Crippen molar-refractivity contribution in [3.63, 3.8) is 0 Å². The second-order valence-electron chi connectivity index (χ2n) is 5.81. The molecule has 1 heterocycles. The van der Waals surface area contributed by atoms with Gasteiger partial charge in [-0.2, -0.15) is 0 Å². The van der Waals surface area contributed by atoms with E-state index in [1.165, 1.54) is 12.1 Å². The zero-order chi connectivity index (χ0) is 16.1. The molecule has 22 heavy (non-hydrogen) atoms. The number of halogens is 1. The predicted octanol–water partition coefficient (Wildman–Crippen LogP) is 1.63. The van der Waals surface area contributed by atoms with E-state index in [1.807, 2.05) is 0 Å². The highest BCUT2D eigenvalue weighted by atomic mass is 19.1. The molecule has 1 aliphatic rings. The average molecular weight is 307 g/mol. The van der Waals surface area contributed by atoms with E-state index >= 15 is 0 Å². The van der Waals surface area contributed by atoms with Gasteiger partial charge in [0.05, 0.1) is 6.42 Å². The monoisotopic (exact) mass is 307 g/mol. The smallest absolute Gasteiger partial charge is 0.319 e. The van der Waals surface area contributed by atoms with Gasteiger partial charge in [-0.1, -0.05) is 12.1 Å². The van der Waals surface area contributed by atoms with Crippen LogP contribution in [0.2, 0.25) is 0 Å². The largest absolute Gasteiger partial charge is 0.353 e. The SMILES string of the molecule is CN(C)C(=O)N1CCC(NC(=O)Cc2ccc(F)cc2)CC1. The molecule has 1 saturated heterocycles. The van der Waals surface area contributed by atoms with Crippen LogP contribution in [-0.2, 0) is 11.2 Å². The molecule has 1 N–H and O–H groups in total. The van der Waals surface area contributed by atoms with E-state index in [1.54, 1.807) is 36.0 Å². The molecule has 0 atom stereocenters. The predicted molar refractivity (Wildman–Crippen MR) is 81.9 cm³/mol. The third-order valence-corrected chi connectivity index (χ3v) is 3.79. The van der Waals surface area contributed by atoms with Crippen LogP contribution in [0.25, 0.3) is 0 Å². The van der Waals surface area contributed by atoms with E-state index in [2.05, 4.69) is 5.32 Å². The number of amides is 3. The highest BCUT2D eigenvalue weighted by Crippen LogP contribution is 2.12. The van der Waals surface area contributed by atoms with Crippen molar-refractivity contribution >= 4 is 11.9 Å². The number of nitrogens with one attached hydrogen (secondary N) is 1. The molecule has 0 aromatic heterocycles. The Morgan fingerprint density at radius 3 is 2.36 bits per heavy atom. The minimum atomic E-state index is -0.304. The quantitative estimate of drug-likeness (QED) is 0.923. The summed E-state index contributed by atoms with van der Waals surface area (Å²) in [7, 11) is 3.47.